The molecule has 1 fully saturated rings. The number of ketones is 1. The van der Waals surface area contributed by atoms with Crippen LogP contribution >= 0.6 is 0 Å². The molecule has 5 heteroatoms. The van der Waals surface area contributed by atoms with Crippen molar-refractivity contribution >= 4 is 33.9 Å². The Bertz CT molecular complexity index is 1450. The van der Waals surface area contributed by atoms with E-state index in [1.807, 2.05) is 67.6 Å². The molecule has 0 saturated carbocycles. The summed E-state index contributed by atoms with van der Waals surface area (Å²) in [5.41, 5.74) is 2.87. The smallest absolute Gasteiger partial charge is 0.300 e. The summed E-state index contributed by atoms with van der Waals surface area (Å²) in [6.07, 6.45) is 0. The number of aliphatic hydroxyl groups excluding tert-OH is 1. The molecule has 0 aromatic heterocycles. The number of Topliss-reactive ketones (excluding diaryl/α,β-unsaturated/α-hetero) is 1. The predicted molar refractivity (Wildman–Crippen MR) is 133 cm³/mol. The van der Waals surface area contributed by atoms with Crippen LogP contribution in [-0.2, 0) is 9.59 Å². The van der Waals surface area contributed by atoms with Crippen LogP contribution in [0.5, 0.6) is 5.75 Å². The van der Waals surface area contributed by atoms with E-state index in [0.717, 1.165) is 21.9 Å². The zero-order chi connectivity index (χ0) is 23.8. The molecular formula is C29H23NO4. The highest BCUT2D eigenvalue weighted by Crippen LogP contribution is 2.43. The lowest BCUT2D eigenvalue weighted by molar-refractivity contribution is -0.132. The molecule has 4 aromatic rings. The van der Waals surface area contributed by atoms with Crippen LogP contribution in [0.1, 0.15) is 22.7 Å². The van der Waals surface area contributed by atoms with Crippen LogP contribution in [-0.4, -0.2) is 23.9 Å². The van der Waals surface area contributed by atoms with Gasteiger partial charge in [-0.1, -0.05) is 72.3 Å². The summed E-state index contributed by atoms with van der Waals surface area (Å²) in [6, 6.07) is 27.0. The first-order valence-electron chi connectivity index (χ1n) is 11.0. The van der Waals surface area contributed by atoms with Gasteiger partial charge in [-0.3, -0.25) is 14.5 Å². The lowest BCUT2D eigenvalue weighted by atomic mass is 9.92. The fourth-order valence-electron chi connectivity index (χ4n) is 4.57. The van der Waals surface area contributed by atoms with E-state index in [0.29, 0.717) is 17.0 Å². The van der Waals surface area contributed by atoms with Crippen LogP contribution in [0.3, 0.4) is 0 Å². The van der Waals surface area contributed by atoms with Gasteiger partial charge in [-0.2, -0.15) is 0 Å². The average molecular weight is 450 g/mol. The van der Waals surface area contributed by atoms with Gasteiger partial charge in [0.25, 0.3) is 11.7 Å². The summed E-state index contributed by atoms with van der Waals surface area (Å²) in [6.45, 7) is 1.95. The van der Waals surface area contributed by atoms with Crippen LogP contribution in [0.25, 0.3) is 16.5 Å². The van der Waals surface area contributed by atoms with Gasteiger partial charge in [-0.15, -0.1) is 0 Å². The molecule has 5 rings (SSSR count). The topological polar surface area (TPSA) is 66.8 Å². The van der Waals surface area contributed by atoms with Crippen molar-refractivity contribution in [3.63, 3.8) is 0 Å². The molecule has 1 amide bonds. The van der Waals surface area contributed by atoms with E-state index < -0.39 is 17.7 Å². The standard InChI is InChI=1S/C29H23NO4/c1-18-7-5-10-20(17-18)26-25(27(31)24-12-6-9-19-8-3-4-11-23(19)24)28(32)29(33)30(26)21-13-15-22(34-2)16-14-21/h3-17,26,31H,1-2H3/b27-25-. The molecule has 1 aliphatic heterocycles. The molecular weight excluding hydrogens is 426 g/mol. The lowest BCUT2D eigenvalue weighted by Gasteiger charge is -2.26. The normalized spacial score (nSPS) is 17.4. The van der Waals surface area contributed by atoms with Gasteiger partial charge in [-0.05, 0) is 47.5 Å². The van der Waals surface area contributed by atoms with E-state index >= 15 is 0 Å². The van der Waals surface area contributed by atoms with Crippen molar-refractivity contribution in [1.82, 2.24) is 0 Å². The number of hydrogen-bond donors (Lipinski definition) is 1. The lowest BCUT2D eigenvalue weighted by Crippen LogP contribution is -2.29. The van der Waals surface area contributed by atoms with E-state index in [2.05, 4.69) is 0 Å². The number of carbonyl (C=O) groups is 2. The molecule has 5 nitrogen and oxygen atoms in total. The summed E-state index contributed by atoms with van der Waals surface area (Å²) in [7, 11) is 1.57. The molecule has 34 heavy (non-hydrogen) atoms. The number of nitrogens with zero attached hydrogens (tertiary/aromatic N) is 1. The van der Waals surface area contributed by atoms with Crippen LogP contribution in [0.4, 0.5) is 5.69 Å². The average Bonchev–Trinajstić information content (AvgIpc) is 3.13. The van der Waals surface area contributed by atoms with Gasteiger partial charge in [0.05, 0.1) is 18.7 Å². The summed E-state index contributed by atoms with van der Waals surface area (Å²) in [5.74, 6) is -0.938. The predicted octanol–water partition coefficient (Wildman–Crippen LogP) is 5.78. The second kappa shape index (κ2) is 8.52. The van der Waals surface area contributed by atoms with Gasteiger partial charge in [0.15, 0.2) is 0 Å². The molecule has 1 heterocycles. The van der Waals surface area contributed by atoms with Crippen molar-refractivity contribution in [3.8, 4) is 5.75 Å². The Balaban J connectivity index is 1.76. The van der Waals surface area contributed by atoms with Crippen LogP contribution in [0, 0.1) is 6.92 Å². The molecule has 1 atom stereocenters. The van der Waals surface area contributed by atoms with Crippen molar-refractivity contribution in [2.75, 3.05) is 12.0 Å². The summed E-state index contributed by atoms with van der Waals surface area (Å²) < 4.78 is 5.25. The first kappa shape index (κ1) is 21.5. The SMILES string of the molecule is COc1ccc(N2C(=O)C(=O)/C(=C(\O)c3cccc4ccccc34)C2c2cccc(C)c2)cc1. The largest absolute Gasteiger partial charge is 0.507 e. The Morgan fingerprint density at radius 2 is 1.59 bits per heavy atom. The first-order valence-corrected chi connectivity index (χ1v) is 11.0. The van der Waals surface area contributed by atoms with Gasteiger partial charge >= 0.3 is 0 Å². The molecule has 1 unspecified atom stereocenters. The van der Waals surface area contributed by atoms with E-state index in [1.165, 1.54) is 4.90 Å². The Morgan fingerprint density at radius 1 is 0.882 bits per heavy atom. The van der Waals surface area contributed by atoms with Crippen molar-refractivity contribution in [2.24, 2.45) is 0 Å². The molecule has 4 aromatic carbocycles. The number of aryl methyl sites for hydroxylation is 1. The van der Waals surface area contributed by atoms with Crippen molar-refractivity contribution in [3.05, 3.63) is 113 Å². The minimum Gasteiger partial charge on any atom is -0.507 e. The van der Waals surface area contributed by atoms with Gasteiger partial charge in [-0.25, -0.2) is 0 Å². The third kappa shape index (κ3) is 3.52. The van der Waals surface area contributed by atoms with Gasteiger partial charge in [0, 0.05) is 11.3 Å². The maximum absolute atomic E-state index is 13.4. The van der Waals surface area contributed by atoms with Crippen molar-refractivity contribution in [2.45, 2.75) is 13.0 Å². The Kier molecular flexibility index (Phi) is 5.38. The quantitative estimate of drug-likeness (QED) is 0.244. The summed E-state index contributed by atoms with van der Waals surface area (Å²) in [4.78, 5) is 28.2. The van der Waals surface area contributed by atoms with Crippen LogP contribution in [0.2, 0.25) is 0 Å². The summed E-state index contributed by atoms with van der Waals surface area (Å²) >= 11 is 0. The zero-order valence-corrected chi connectivity index (χ0v) is 18.9. The number of rotatable bonds is 4. The van der Waals surface area contributed by atoms with E-state index in [9.17, 15) is 14.7 Å². The third-order valence-electron chi connectivity index (χ3n) is 6.20. The third-order valence-corrected chi connectivity index (χ3v) is 6.20. The fraction of sp³-hybridized carbons (Fsp3) is 0.103. The Hall–Kier alpha value is -4.38. The number of benzene rings is 4. The zero-order valence-electron chi connectivity index (χ0n) is 18.9. The fourth-order valence-corrected chi connectivity index (χ4v) is 4.57. The first-order chi connectivity index (χ1) is 16.5. The molecule has 1 N–H and O–H groups in total. The number of ether oxygens (including phenoxy) is 1. The molecule has 0 radical (unpaired) electrons. The van der Waals surface area contributed by atoms with Gasteiger partial charge < -0.3 is 9.84 Å². The second-order valence-electron chi connectivity index (χ2n) is 8.31. The number of carbonyl (C=O) groups excluding carboxylic acids is 2. The molecule has 0 bridgehead atoms. The van der Waals surface area contributed by atoms with Crippen LogP contribution < -0.4 is 9.64 Å². The number of aliphatic hydroxyl groups is 1. The Labute approximate surface area is 197 Å². The number of fused-ring (bicyclic) bond motifs is 1. The van der Waals surface area contributed by atoms with Crippen molar-refractivity contribution in [1.29, 1.82) is 0 Å². The highest BCUT2D eigenvalue weighted by atomic mass is 16.5. The van der Waals surface area contributed by atoms with E-state index in [4.69, 9.17) is 4.74 Å². The minimum atomic E-state index is -0.771. The second-order valence-corrected chi connectivity index (χ2v) is 8.31. The molecule has 1 saturated heterocycles. The molecule has 168 valence electrons. The number of amides is 1. The maximum Gasteiger partial charge on any atom is 0.300 e. The minimum absolute atomic E-state index is 0.0720. The van der Waals surface area contributed by atoms with Crippen molar-refractivity contribution < 1.29 is 19.4 Å². The van der Waals surface area contributed by atoms with E-state index in [1.54, 1.807) is 37.4 Å². The number of hydrogen-bond acceptors (Lipinski definition) is 4. The van der Waals surface area contributed by atoms with Gasteiger partial charge in [0.1, 0.15) is 11.5 Å². The molecule has 0 aliphatic carbocycles. The maximum atomic E-state index is 13.4. The molecule has 0 spiro atoms. The monoisotopic (exact) mass is 449 g/mol. The van der Waals surface area contributed by atoms with E-state index in [-0.39, 0.29) is 11.3 Å². The van der Waals surface area contributed by atoms with Crippen LogP contribution in [0.15, 0.2) is 96.6 Å². The number of anilines is 1. The Morgan fingerprint density at radius 3 is 2.32 bits per heavy atom. The number of methoxy groups -OCH3 is 1. The summed E-state index contributed by atoms with van der Waals surface area (Å²) in [5, 5.41) is 13.3. The highest BCUT2D eigenvalue weighted by Gasteiger charge is 2.47. The molecule has 1 aliphatic rings. The highest BCUT2D eigenvalue weighted by molar-refractivity contribution is 6.51. The van der Waals surface area contributed by atoms with Gasteiger partial charge in [0.2, 0.25) is 0 Å².